The van der Waals surface area contributed by atoms with Gasteiger partial charge in [-0.2, -0.15) is 0 Å². The molecule has 2 aliphatic heterocycles. The van der Waals surface area contributed by atoms with Crippen molar-refractivity contribution in [3.05, 3.63) is 71.8 Å². The SMILES string of the molecule is CC(C)C[C@H](NC(=O)[C@@H](NC(=O)OCc1ccccc1)C(C)CCC(C)[C@H](NC(=O)OCc1ccccc1)C(=O)NC1CCCCCCNC(=O)C1=O)C(=O)NC1CCCNC(=O)C1=O. The Morgan fingerprint density at radius 1 is 0.569 bits per heavy atom. The molecule has 7 amide bonds. The molecular weight excluding hydrogens is 839 g/mol. The molecule has 7 N–H and O–H groups in total. The van der Waals surface area contributed by atoms with Gasteiger partial charge in [-0.25, -0.2) is 9.59 Å². The smallest absolute Gasteiger partial charge is 0.408 e. The summed E-state index contributed by atoms with van der Waals surface area (Å²) in [6.45, 7) is 7.53. The molecule has 0 bridgehead atoms. The zero-order valence-electron chi connectivity index (χ0n) is 37.8. The summed E-state index contributed by atoms with van der Waals surface area (Å²) in [7, 11) is 0. The number of hydrogen-bond donors (Lipinski definition) is 7. The maximum Gasteiger partial charge on any atom is 0.408 e. The monoisotopic (exact) mass is 903 g/mol. The Balaban J connectivity index is 1.54. The molecule has 2 saturated heterocycles. The lowest BCUT2D eigenvalue weighted by Crippen LogP contribution is -2.58. The lowest BCUT2D eigenvalue weighted by molar-refractivity contribution is -0.140. The van der Waals surface area contributed by atoms with Crippen molar-refractivity contribution in [1.82, 2.24) is 37.2 Å². The third-order valence-corrected chi connectivity index (χ3v) is 11.5. The molecule has 0 aromatic heterocycles. The number of Topliss-reactive ketones (excluding diaryl/α,β-unsaturated/α-hetero) is 2. The fourth-order valence-electron chi connectivity index (χ4n) is 7.64. The molecule has 2 aromatic rings. The normalized spacial score (nSPS) is 19.3. The zero-order valence-corrected chi connectivity index (χ0v) is 37.8. The number of carbonyl (C=O) groups is 9. The topological polar surface area (TPSA) is 256 Å². The first-order valence-corrected chi connectivity index (χ1v) is 22.6. The van der Waals surface area contributed by atoms with Gasteiger partial charge in [-0.3, -0.25) is 33.6 Å². The molecule has 18 heteroatoms. The van der Waals surface area contributed by atoms with Crippen LogP contribution in [0.4, 0.5) is 9.59 Å². The summed E-state index contributed by atoms with van der Waals surface area (Å²) in [4.78, 5) is 119. The van der Waals surface area contributed by atoms with Gasteiger partial charge in [-0.15, -0.1) is 0 Å². The molecule has 2 fully saturated rings. The highest BCUT2D eigenvalue weighted by Crippen LogP contribution is 2.21. The number of nitrogens with one attached hydrogen (secondary N) is 7. The van der Waals surface area contributed by atoms with E-state index >= 15 is 0 Å². The Hall–Kier alpha value is -6.33. The van der Waals surface area contributed by atoms with Crippen molar-refractivity contribution < 1.29 is 52.6 Å². The van der Waals surface area contributed by atoms with Crippen LogP contribution in [-0.4, -0.2) is 96.6 Å². The third-order valence-electron chi connectivity index (χ3n) is 11.5. The minimum atomic E-state index is -1.28. The van der Waals surface area contributed by atoms with E-state index in [9.17, 15) is 43.2 Å². The molecule has 2 aliphatic rings. The van der Waals surface area contributed by atoms with E-state index in [-0.39, 0.29) is 57.8 Å². The van der Waals surface area contributed by atoms with Crippen molar-refractivity contribution >= 4 is 53.3 Å². The van der Waals surface area contributed by atoms with E-state index in [0.29, 0.717) is 30.5 Å². The molecule has 2 heterocycles. The van der Waals surface area contributed by atoms with Crippen molar-refractivity contribution in [2.45, 2.75) is 135 Å². The van der Waals surface area contributed by atoms with Crippen LogP contribution in [0.2, 0.25) is 0 Å². The first-order chi connectivity index (χ1) is 31.1. The second-order valence-corrected chi connectivity index (χ2v) is 17.3. The highest BCUT2D eigenvalue weighted by Gasteiger charge is 2.37. The van der Waals surface area contributed by atoms with Crippen molar-refractivity contribution in [3.8, 4) is 0 Å². The molecule has 65 heavy (non-hydrogen) atoms. The molecule has 4 unspecified atom stereocenters. The van der Waals surface area contributed by atoms with Gasteiger partial charge in [0.05, 0.1) is 12.1 Å². The summed E-state index contributed by atoms with van der Waals surface area (Å²) in [5, 5.41) is 18.5. The number of rotatable bonds is 19. The highest BCUT2D eigenvalue weighted by molar-refractivity contribution is 6.39. The summed E-state index contributed by atoms with van der Waals surface area (Å²) in [5.74, 6) is -6.72. The number of hydrogen-bond acceptors (Lipinski definition) is 11. The summed E-state index contributed by atoms with van der Waals surface area (Å²) in [5.41, 5.74) is 1.41. The zero-order chi connectivity index (χ0) is 47.3. The second kappa shape index (κ2) is 26.5. The number of ketones is 2. The molecule has 2 aromatic carbocycles. The number of alkyl carbamates (subject to hydrolysis) is 2. The van der Waals surface area contributed by atoms with E-state index in [2.05, 4.69) is 37.2 Å². The molecule has 0 spiro atoms. The highest BCUT2D eigenvalue weighted by atomic mass is 16.6. The number of ether oxygens (including phenoxy) is 2. The third kappa shape index (κ3) is 17.3. The Morgan fingerprint density at radius 3 is 1.52 bits per heavy atom. The number of benzene rings is 2. The first kappa shape index (κ1) is 51.3. The van der Waals surface area contributed by atoms with E-state index in [4.69, 9.17) is 9.47 Å². The van der Waals surface area contributed by atoms with Crippen LogP contribution >= 0.6 is 0 Å². The second-order valence-electron chi connectivity index (χ2n) is 17.3. The molecule has 0 saturated carbocycles. The minimum absolute atomic E-state index is 0.0847. The van der Waals surface area contributed by atoms with Crippen LogP contribution in [0, 0.1) is 17.8 Å². The van der Waals surface area contributed by atoms with Crippen molar-refractivity contribution in [2.24, 2.45) is 17.8 Å². The summed E-state index contributed by atoms with van der Waals surface area (Å²) in [6, 6.07) is 11.9. The van der Waals surface area contributed by atoms with Gasteiger partial charge < -0.3 is 46.7 Å². The largest absolute Gasteiger partial charge is 0.445 e. The molecule has 354 valence electrons. The molecular formula is C47H65N7O11. The average molecular weight is 904 g/mol. The molecule has 18 nitrogen and oxygen atoms in total. The van der Waals surface area contributed by atoms with E-state index in [1.54, 1.807) is 62.4 Å². The quantitative estimate of drug-likeness (QED) is 0.101. The average Bonchev–Trinajstić information content (AvgIpc) is 3.44. The minimum Gasteiger partial charge on any atom is -0.445 e. The Kier molecular flexibility index (Phi) is 20.9. The summed E-state index contributed by atoms with van der Waals surface area (Å²) in [6.07, 6.45) is 2.58. The Morgan fingerprint density at radius 2 is 1.02 bits per heavy atom. The lowest BCUT2D eigenvalue weighted by atomic mass is 9.88. The van der Waals surface area contributed by atoms with Crippen LogP contribution in [0.15, 0.2) is 60.7 Å². The molecule has 0 radical (unpaired) electrons. The fraction of sp³-hybridized carbons (Fsp3) is 0.553. The van der Waals surface area contributed by atoms with Gasteiger partial charge in [0.2, 0.25) is 29.3 Å². The lowest BCUT2D eigenvalue weighted by Gasteiger charge is -2.30. The van der Waals surface area contributed by atoms with Gasteiger partial charge >= 0.3 is 12.2 Å². The Bertz CT molecular complexity index is 1950. The van der Waals surface area contributed by atoms with Gasteiger partial charge in [0.1, 0.15) is 31.3 Å². The van der Waals surface area contributed by atoms with Crippen molar-refractivity contribution in [1.29, 1.82) is 0 Å². The van der Waals surface area contributed by atoms with Crippen molar-refractivity contribution in [3.63, 3.8) is 0 Å². The molecule has 0 aliphatic carbocycles. The summed E-state index contributed by atoms with van der Waals surface area (Å²) < 4.78 is 10.9. The van der Waals surface area contributed by atoms with Gasteiger partial charge in [0.25, 0.3) is 11.8 Å². The first-order valence-electron chi connectivity index (χ1n) is 22.6. The number of amides is 7. The van der Waals surface area contributed by atoms with Crippen LogP contribution in [0.1, 0.15) is 103 Å². The van der Waals surface area contributed by atoms with Gasteiger partial charge in [0.15, 0.2) is 0 Å². The Labute approximate surface area is 380 Å². The predicted molar refractivity (Wildman–Crippen MR) is 238 cm³/mol. The number of carbonyl (C=O) groups excluding carboxylic acids is 9. The fourth-order valence-corrected chi connectivity index (χ4v) is 7.64. The van der Waals surface area contributed by atoms with Crippen LogP contribution < -0.4 is 37.2 Å². The summed E-state index contributed by atoms with van der Waals surface area (Å²) >= 11 is 0. The maximum atomic E-state index is 14.3. The van der Waals surface area contributed by atoms with E-state index in [0.717, 1.165) is 19.3 Å². The van der Waals surface area contributed by atoms with E-state index in [1.165, 1.54) is 0 Å². The van der Waals surface area contributed by atoms with Crippen LogP contribution in [-0.2, 0) is 56.2 Å². The van der Waals surface area contributed by atoms with Crippen LogP contribution in [0.3, 0.4) is 0 Å². The predicted octanol–water partition coefficient (Wildman–Crippen LogP) is 3.26. The van der Waals surface area contributed by atoms with E-state index in [1.807, 2.05) is 26.0 Å². The van der Waals surface area contributed by atoms with Crippen LogP contribution in [0.5, 0.6) is 0 Å². The van der Waals surface area contributed by atoms with Crippen LogP contribution in [0.25, 0.3) is 0 Å². The molecule has 4 rings (SSSR count). The van der Waals surface area contributed by atoms with E-state index < -0.39 is 95.3 Å². The van der Waals surface area contributed by atoms with Gasteiger partial charge in [-0.05, 0) is 73.8 Å². The van der Waals surface area contributed by atoms with Gasteiger partial charge in [-0.1, -0.05) is 108 Å². The maximum absolute atomic E-state index is 14.3. The van der Waals surface area contributed by atoms with Crippen molar-refractivity contribution in [2.75, 3.05) is 13.1 Å². The standard InChI is InChI=1S/C47H65N7O11/c1-29(2)26-36(41(57)50-35-21-15-25-49-45(61)40(35)56)52-43(59)38(54-47(63)65-28-33-18-11-8-12-19-33)31(4)23-22-30(3)37(53-46(62)64-27-32-16-9-7-10-17-32)42(58)51-34-20-13-5-6-14-24-48-44(60)39(34)55/h7-12,16-19,29-31,34-38H,5-6,13-15,20-28H2,1-4H3,(H,48,60)(H,49,61)(H,50,57)(H,51,58)(H,52,59)(H,53,62)(H,54,63)/t30?,31?,34?,35?,36-,37-,38-/m0/s1. The van der Waals surface area contributed by atoms with Gasteiger partial charge in [0, 0.05) is 13.1 Å². The molecule has 7 atom stereocenters.